The van der Waals surface area contributed by atoms with Gasteiger partial charge in [-0.05, 0) is 18.6 Å². The molecule has 0 amide bonds. The molecule has 0 bridgehead atoms. The zero-order valence-electron chi connectivity index (χ0n) is 13.5. The Kier molecular flexibility index (Phi) is 4.19. The number of carbonyl (C=O) groups excluding carboxylic acids is 1. The predicted molar refractivity (Wildman–Crippen MR) is 104 cm³/mol. The molecule has 0 fully saturated rings. The van der Waals surface area contributed by atoms with Gasteiger partial charge in [-0.2, -0.15) is 0 Å². The van der Waals surface area contributed by atoms with Gasteiger partial charge in [0, 0.05) is 10.8 Å². The molecule has 0 saturated carbocycles. The van der Waals surface area contributed by atoms with Crippen LogP contribution in [0.4, 0.5) is 5.13 Å². The number of para-hydroxylation sites is 2. The average Bonchev–Trinajstić information content (AvgIpc) is 3.20. The fourth-order valence-corrected chi connectivity index (χ4v) is 4.85. The third kappa shape index (κ3) is 2.79. The minimum absolute atomic E-state index is 0.0543. The van der Waals surface area contributed by atoms with Crippen LogP contribution < -0.4 is 5.73 Å². The van der Waals surface area contributed by atoms with E-state index in [0.29, 0.717) is 11.6 Å². The first-order valence-electron chi connectivity index (χ1n) is 7.97. The average molecular weight is 368 g/mol. The van der Waals surface area contributed by atoms with E-state index in [2.05, 4.69) is 22.3 Å². The van der Waals surface area contributed by atoms with Crippen LogP contribution in [0.5, 0.6) is 0 Å². The van der Waals surface area contributed by atoms with Gasteiger partial charge in [-0.25, -0.2) is 0 Å². The molecule has 126 valence electrons. The summed E-state index contributed by atoms with van der Waals surface area (Å²) in [7, 11) is 0. The molecular formula is C18H16N4OS2. The van der Waals surface area contributed by atoms with Crippen molar-refractivity contribution in [2.75, 3.05) is 5.73 Å². The van der Waals surface area contributed by atoms with Crippen LogP contribution in [0, 0.1) is 0 Å². The van der Waals surface area contributed by atoms with E-state index in [-0.39, 0.29) is 11.2 Å². The molecule has 0 aliphatic heterocycles. The highest BCUT2D eigenvalue weighted by Crippen LogP contribution is 2.34. The van der Waals surface area contributed by atoms with E-state index in [1.807, 2.05) is 47.9 Å². The molecule has 1 atom stereocenters. The highest BCUT2D eigenvalue weighted by molar-refractivity contribution is 8.02. The van der Waals surface area contributed by atoms with Gasteiger partial charge in [0.15, 0.2) is 4.34 Å². The van der Waals surface area contributed by atoms with Crippen LogP contribution in [0.3, 0.4) is 0 Å². The van der Waals surface area contributed by atoms with Gasteiger partial charge in [-0.3, -0.25) is 9.36 Å². The summed E-state index contributed by atoms with van der Waals surface area (Å²) in [6.45, 7) is 2.01. The van der Waals surface area contributed by atoms with Gasteiger partial charge >= 0.3 is 0 Å². The summed E-state index contributed by atoms with van der Waals surface area (Å²) in [5, 5.41) is 10.2. The van der Waals surface area contributed by atoms with Crippen LogP contribution >= 0.6 is 23.1 Å². The summed E-state index contributed by atoms with van der Waals surface area (Å²) >= 11 is 2.74. The number of nitrogen functional groups attached to an aromatic ring is 1. The Morgan fingerprint density at radius 2 is 1.72 bits per heavy atom. The van der Waals surface area contributed by atoms with Gasteiger partial charge < -0.3 is 5.73 Å². The normalized spacial score (nSPS) is 12.7. The molecule has 0 saturated heterocycles. The number of carbonyl (C=O) groups is 1. The molecule has 2 aromatic carbocycles. The largest absolute Gasteiger partial charge is 0.374 e. The molecule has 25 heavy (non-hydrogen) atoms. The topological polar surface area (TPSA) is 73.8 Å². The Morgan fingerprint density at radius 3 is 2.24 bits per heavy atom. The van der Waals surface area contributed by atoms with Gasteiger partial charge in [-0.15, -0.1) is 10.2 Å². The highest BCUT2D eigenvalue weighted by atomic mass is 32.2. The first kappa shape index (κ1) is 16.1. The second kappa shape index (κ2) is 6.50. The van der Waals surface area contributed by atoms with Crippen molar-refractivity contribution in [1.82, 2.24) is 14.8 Å². The van der Waals surface area contributed by atoms with Crippen LogP contribution in [0.1, 0.15) is 18.1 Å². The molecule has 5 nitrogen and oxygen atoms in total. The number of aromatic nitrogens is 3. The van der Waals surface area contributed by atoms with Crippen LogP contribution in [-0.4, -0.2) is 25.9 Å². The lowest BCUT2D eigenvalue weighted by Crippen LogP contribution is -2.23. The standard InChI is InChI=1S/C18H16N4OS2/c1-2-15(24-18-21-20-17(19)25-18)16(23)22-13-9-5-3-7-11(13)12-8-4-6-10-14(12)22/h3-10,15H,2H2,1H3,(H2,19,20). The molecule has 7 heteroatoms. The Hall–Kier alpha value is -2.38. The third-order valence-corrected chi connectivity index (χ3v) is 6.30. The van der Waals surface area contributed by atoms with Gasteiger partial charge in [0.05, 0.1) is 16.3 Å². The van der Waals surface area contributed by atoms with Crippen molar-refractivity contribution in [3.63, 3.8) is 0 Å². The maximum absolute atomic E-state index is 13.3. The number of fused-ring (bicyclic) bond motifs is 3. The fourth-order valence-electron chi connectivity index (χ4n) is 3.00. The summed E-state index contributed by atoms with van der Waals surface area (Å²) in [6.07, 6.45) is 0.698. The molecule has 0 aliphatic carbocycles. The molecule has 0 aliphatic rings. The molecule has 2 aromatic heterocycles. The monoisotopic (exact) mass is 368 g/mol. The van der Waals surface area contributed by atoms with Crippen LogP contribution in [-0.2, 0) is 0 Å². The van der Waals surface area contributed by atoms with E-state index < -0.39 is 0 Å². The summed E-state index contributed by atoms with van der Waals surface area (Å²) in [6, 6.07) is 16.0. The molecule has 1 unspecified atom stereocenters. The van der Waals surface area contributed by atoms with Crippen LogP contribution in [0.2, 0.25) is 0 Å². The molecular weight excluding hydrogens is 352 g/mol. The van der Waals surface area contributed by atoms with Gasteiger partial charge in [0.2, 0.25) is 11.0 Å². The Labute approximate surface area is 152 Å². The zero-order valence-corrected chi connectivity index (χ0v) is 15.2. The lowest BCUT2D eigenvalue weighted by atomic mass is 10.2. The van der Waals surface area contributed by atoms with Crippen molar-refractivity contribution in [2.24, 2.45) is 0 Å². The van der Waals surface area contributed by atoms with E-state index in [0.717, 1.165) is 26.1 Å². The Morgan fingerprint density at radius 1 is 1.12 bits per heavy atom. The SMILES string of the molecule is CCC(Sc1nnc(N)s1)C(=O)n1c2ccccc2c2ccccc21. The third-order valence-electron chi connectivity index (χ3n) is 4.11. The minimum atomic E-state index is -0.244. The maximum atomic E-state index is 13.3. The predicted octanol–water partition coefficient (Wildman–Crippen LogP) is 4.44. The zero-order chi connectivity index (χ0) is 17.4. The van der Waals surface area contributed by atoms with Crippen molar-refractivity contribution in [2.45, 2.75) is 22.9 Å². The number of hydrogen-bond donors (Lipinski definition) is 1. The van der Waals surface area contributed by atoms with E-state index in [1.165, 1.54) is 23.1 Å². The van der Waals surface area contributed by atoms with E-state index in [9.17, 15) is 4.79 Å². The van der Waals surface area contributed by atoms with E-state index in [4.69, 9.17) is 5.73 Å². The lowest BCUT2D eigenvalue weighted by Gasteiger charge is -2.14. The van der Waals surface area contributed by atoms with Crippen molar-refractivity contribution < 1.29 is 4.79 Å². The Balaban J connectivity index is 1.82. The Bertz CT molecular complexity index is 1020. The number of rotatable bonds is 4. The van der Waals surface area contributed by atoms with Crippen molar-refractivity contribution in [3.8, 4) is 0 Å². The number of anilines is 1. The van der Waals surface area contributed by atoms with Crippen LogP contribution in [0.15, 0.2) is 52.9 Å². The first-order valence-corrected chi connectivity index (χ1v) is 9.66. The summed E-state index contributed by atoms with van der Waals surface area (Å²) in [4.78, 5) is 13.3. The van der Waals surface area contributed by atoms with Gasteiger partial charge in [-0.1, -0.05) is 66.4 Å². The quantitative estimate of drug-likeness (QED) is 0.539. The van der Waals surface area contributed by atoms with E-state index >= 15 is 0 Å². The van der Waals surface area contributed by atoms with Crippen molar-refractivity contribution in [1.29, 1.82) is 0 Å². The number of nitrogens with zero attached hydrogens (tertiary/aromatic N) is 3. The molecule has 0 radical (unpaired) electrons. The maximum Gasteiger partial charge on any atom is 0.245 e. The molecule has 4 aromatic rings. The van der Waals surface area contributed by atoms with E-state index in [1.54, 1.807) is 0 Å². The van der Waals surface area contributed by atoms with Gasteiger partial charge in [0.25, 0.3) is 0 Å². The molecule has 2 heterocycles. The highest BCUT2D eigenvalue weighted by Gasteiger charge is 2.25. The van der Waals surface area contributed by atoms with Crippen molar-refractivity contribution in [3.05, 3.63) is 48.5 Å². The molecule has 0 spiro atoms. The van der Waals surface area contributed by atoms with Gasteiger partial charge in [0.1, 0.15) is 0 Å². The molecule has 4 rings (SSSR count). The second-order valence-corrected chi connectivity index (χ2v) is 8.09. The number of nitrogens with two attached hydrogens (primary N) is 1. The summed E-state index contributed by atoms with van der Waals surface area (Å²) < 4.78 is 2.55. The van der Waals surface area contributed by atoms with Crippen molar-refractivity contribution >= 4 is 55.9 Å². The van der Waals surface area contributed by atoms with Crippen LogP contribution in [0.25, 0.3) is 21.8 Å². The smallest absolute Gasteiger partial charge is 0.245 e. The first-order chi connectivity index (χ1) is 12.2. The number of benzene rings is 2. The minimum Gasteiger partial charge on any atom is -0.374 e. The second-order valence-electron chi connectivity index (χ2n) is 5.63. The number of hydrogen-bond acceptors (Lipinski definition) is 6. The summed E-state index contributed by atoms with van der Waals surface area (Å²) in [5.41, 5.74) is 7.53. The summed E-state index contributed by atoms with van der Waals surface area (Å²) in [5.74, 6) is 0.0543. The molecule has 2 N–H and O–H groups in total. The lowest BCUT2D eigenvalue weighted by molar-refractivity contribution is 0.0919. The fraction of sp³-hybridized carbons (Fsp3) is 0.167. The number of thioether (sulfide) groups is 1.